The predicted molar refractivity (Wildman–Crippen MR) is 95.3 cm³/mol. The second kappa shape index (κ2) is 5.86. The molecule has 1 atom stereocenters. The van der Waals surface area contributed by atoms with Crippen molar-refractivity contribution in [2.24, 2.45) is 0 Å². The van der Waals surface area contributed by atoms with Crippen LogP contribution in [0.25, 0.3) is 0 Å². The van der Waals surface area contributed by atoms with Gasteiger partial charge in [-0.25, -0.2) is 0 Å². The Morgan fingerprint density at radius 2 is 1.10 bits per heavy atom. The molecule has 0 amide bonds. The Morgan fingerprint density at radius 3 is 1.35 bits per heavy atom. The predicted octanol–water partition coefficient (Wildman–Crippen LogP) is 5.74. The number of rotatable bonds is 4. The highest BCUT2D eigenvalue weighted by Gasteiger charge is 2.47. The summed E-state index contributed by atoms with van der Waals surface area (Å²) in [5.74, 6) is 0. The summed E-state index contributed by atoms with van der Waals surface area (Å²) < 4.78 is 13.0. The molecule has 0 bridgehead atoms. The van der Waals surface area contributed by atoms with Gasteiger partial charge in [-0.15, -0.1) is 0 Å². The zero-order chi connectivity index (χ0) is 16.6. The molecule has 0 aromatic carbocycles. The molecule has 20 heavy (non-hydrogen) atoms. The summed E-state index contributed by atoms with van der Waals surface area (Å²) in [7, 11) is -3.68. The Balaban J connectivity index is 5.14. The third-order valence-corrected chi connectivity index (χ3v) is 14.3. The van der Waals surface area contributed by atoms with Crippen LogP contribution in [0.3, 0.4) is 0 Å². The van der Waals surface area contributed by atoms with E-state index in [1.54, 1.807) is 0 Å². The molecular formula is C16H38O2Si2. The fraction of sp³-hybridized carbons (Fsp3) is 1.00. The Bertz CT molecular complexity index is 319. The lowest BCUT2D eigenvalue weighted by Crippen LogP contribution is -2.56. The summed E-state index contributed by atoms with van der Waals surface area (Å²) in [6.45, 7) is 27.2. The van der Waals surface area contributed by atoms with Gasteiger partial charge in [0.2, 0.25) is 8.32 Å². The van der Waals surface area contributed by atoms with E-state index in [2.05, 4.69) is 82.0 Å². The van der Waals surface area contributed by atoms with E-state index in [4.69, 9.17) is 8.85 Å². The van der Waals surface area contributed by atoms with Crippen LogP contribution in [0.1, 0.15) is 62.3 Å². The zero-order valence-electron chi connectivity index (χ0n) is 16.0. The van der Waals surface area contributed by atoms with Crippen LogP contribution < -0.4 is 0 Å². The Hall–Kier alpha value is 0.354. The lowest BCUT2D eigenvalue weighted by Gasteiger charge is -2.46. The Kier molecular flexibility index (Phi) is 5.96. The van der Waals surface area contributed by atoms with Crippen LogP contribution in [-0.2, 0) is 8.85 Å². The summed E-state index contributed by atoms with van der Waals surface area (Å²) in [6.07, 6.45) is 0.796. The van der Waals surface area contributed by atoms with Crippen LogP contribution in [0.2, 0.25) is 29.7 Å². The average Bonchev–Trinajstić information content (AvgIpc) is 2.08. The van der Waals surface area contributed by atoms with Gasteiger partial charge in [0.25, 0.3) is 0 Å². The normalized spacial score (nSPS) is 18.0. The van der Waals surface area contributed by atoms with E-state index in [-0.39, 0.29) is 15.7 Å². The van der Waals surface area contributed by atoms with Crippen molar-refractivity contribution in [2.75, 3.05) is 6.23 Å². The van der Waals surface area contributed by atoms with Gasteiger partial charge in [-0.1, -0.05) is 41.5 Å². The molecule has 0 rings (SSSR count). The molecule has 0 heterocycles. The van der Waals surface area contributed by atoms with Gasteiger partial charge >= 0.3 is 0 Å². The highest BCUT2D eigenvalue weighted by atomic mass is 28.4. The first-order chi connectivity index (χ1) is 8.41. The standard InChI is InChI=1S/C16H38O2Si2/c1-14(2,3)18-20(12,16(7,8)9)13-17-19(10,11)15(4,5)6/h13H2,1-12H3. The molecule has 122 valence electrons. The van der Waals surface area contributed by atoms with Gasteiger partial charge in [0.15, 0.2) is 8.32 Å². The number of hydrogen-bond acceptors (Lipinski definition) is 2. The fourth-order valence-corrected chi connectivity index (χ4v) is 6.74. The molecule has 0 radical (unpaired) electrons. The van der Waals surface area contributed by atoms with Crippen LogP contribution in [0, 0.1) is 0 Å². The monoisotopic (exact) mass is 318 g/mol. The maximum absolute atomic E-state index is 6.53. The highest BCUT2D eigenvalue weighted by Crippen LogP contribution is 2.42. The fourth-order valence-electron chi connectivity index (χ4n) is 1.61. The van der Waals surface area contributed by atoms with Gasteiger partial charge in [-0.2, -0.15) is 0 Å². The third-order valence-electron chi connectivity index (χ3n) is 4.63. The minimum atomic E-state index is -1.96. The lowest BCUT2D eigenvalue weighted by atomic mass is 10.2. The van der Waals surface area contributed by atoms with Crippen LogP contribution >= 0.6 is 0 Å². The Labute approximate surface area is 129 Å². The highest BCUT2D eigenvalue weighted by molar-refractivity contribution is 6.78. The minimum Gasteiger partial charge on any atom is -0.417 e. The molecular weight excluding hydrogens is 280 g/mol. The molecule has 0 aromatic heterocycles. The summed E-state index contributed by atoms with van der Waals surface area (Å²) in [5, 5.41) is 0.421. The molecule has 0 aliphatic heterocycles. The molecule has 0 spiro atoms. The minimum absolute atomic E-state index is 0.106. The zero-order valence-corrected chi connectivity index (χ0v) is 18.0. The van der Waals surface area contributed by atoms with Crippen LogP contribution in [-0.4, -0.2) is 28.5 Å². The molecule has 0 saturated heterocycles. The van der Waals surface area contributed by atoms with Crippen molar-refractivity contribution in [3.05, 3.63) is 0 Å². The van der Waals surface area contributed by atoms with Crippen LogP contribution in [0.15, 0.2) is 0 Å². The Morgan fingerprint density at radius 1 is 0.700 bits per heavy atom. The molecule has 2 nitrogen and oxygen atoms in total. The van der Waals surface area contributed by atoms with E-state index in [1.165, 1.54) is 0 Å². The lowest BCUT2D eigenvalue weighted by molar-refractivity contribution is 0.0992. The molecule has 0 N–H and O–H groups in total. The first kappa shape index (κ1) is 20.4. The molecule has 1 unspecified atom stereocenters. The van der Waals surface area contributed by atoms with Gasteiger partial charge in [0.1, 0.15) is 0 Å². The molecule has 0 aromatic rings. The van der Waals surface area contributed by atoms with Crippen LogP contribution in [0.5, 0.6) is 0 Å². The van der Waals surface area contributed by atoms with Gasteiger partial charge in [-0.05, 0) is 50.5 Å². The van der Waals surface area contributed by atoms with E-state index in [9.17, 15) is 0 Å². The maximum Gasteiger partial charge on any atom is 0.219 e. The van der Waals surface area contributed by atoms with Gasteiger partial charge in [0.05, 0.1) is 6.23 Å². The van der Waals surface area contributed by atoms with Crippen molar-refractivity contribution in [3.8, 4) is 0 Å². The van der Waals surface area contributed by atoms with E-state index in [1.807, 2.05) is 0 Å². The van der Waals surface area contributed by atoms with E-state index >= 15 is 0 Å². The van der Waals surface area contributed by atoms with Crippen molar-refractivity contribution >= 4 is 16.6 Å². The topological polar surface area (TPSA) is 18.5 Å². The smallest absolute Gasteiger partial charge is 0.219 e. The second-order valence-electron chi connectivity index (χ2n) is 9.74. The van der Waals surface area contributed by atoms with Gasteiger partial charge < -0.3 is 8.85 Å². The van der Waals surface area contributed by atoms with Crippen LogP contribution in [0.4, 0.5) is 0 Å². The summed E-state index contributed by atoms with van der Waals surface area (Å²) in [4.78, 5) is 0. The van der Waals surface area contributed by atoms with Gasteiger partial charge in [0, 0.05) is 5.60 Å². The van der Waals surface area contributed by atoms with E-state index in [0.717, 1.165) is 6.23 Å². The van der Waals surface area contributed by atoms with E-state index in [0.29, 0.717) is 0 Å². The molecule has 4 heteroatoms. The molecule has 0 aliphatic rings. The van der Waals surface area contributed by atoms with Crippen molar-refractivity contribution in [3.63, 3.8) is 0 Å². The second-order valence-corrected chi connectivity index (χ2v) is 19.0. The van der Waals surface area contributed by atoms with Crippen molar-refractivity contribution in [1.29, 1.82) is 0 Å². The quantitative estimate of drug-likeness (QED) is 0.615. The van der Waals surface area contributed by atoms with Crippen molar-refractivity contribution in [1.82, 2.24) is 0 Å². The van der Waals surface area contributed by atoms with Gasteiger partial charge in [-0.3, -0.25) is 0 Å². The van der Waals surface area contributed by atoms with E-state index < -0.39 is 16.6 Å². The average molecular weight is 319 g/mol. The number of hydrogen-bond donors (Lipinski definition) is 0. The first-order valence-corrected chi connectivity index (χ1v) is 13.3. The first-order valence-electron chi connectivity index (χ1n) is 7.75. The largest absolute Gasteiger partial charge is 0.417 e. The third kappa shape index (κ3) is 5.62. The molecule has 0 saturated carbocycles. The molecule has 0 fully saturated rings. The van der Waals surface area contributed by atoms with Crippen molar-refractivity contribution in [2.45, 2.75) is 97.6 Å². The summed E-state index contributed by atoms with van der Waals surface area (Å²) >= 11 is 0. The molecule has 0 aliphatic carbocycles. The summed E-state index contributed by atoms with van der Waals surface area (Å²) in [6, 6.07) is 0. The SMILES string of the molecule is CC(C)(C)O[Si](C)(CO[Si](C)(C)C(C)(C)C)C(C)(C)C. The maximum atomic E-state index is 6.53. The van der Waals surface area contributed by atoms with Crippen molar-refractivity contribution < 1.29 is 8.85 Å². The summed E-state index contributed by atoms with van der Waals surface area (Å²) in [5.41, 5.74) is -0.106.